The molecule has 1 atom stereocenters. The number of rotatable bonds is 3. The van der Waals surface area contributed by atoms with Gasteiger partial charge in [0.2, 0.25) is 0 Å². The maximum absolute atomic E-state index is 12.8. The van der Waals surface area contributed by atoms with Crippen LogP contribution in [0.4, 0.5) is 4.79 Å². The van der Waals surface area contributed by atoms with Crippen LogP contribution in [-0.2, 0) is 5.54 Å². The highest BCUT2D eigenvalue weighted by Crippen LogP contribution is 2.62. The molecule has 0 aromatic heterocycles. The second-order valence-corrected chi connectivity index (χ2v) is 7.88. The highest BCUT2D eigenvalue weighted by Gasteiger charge is 2.64. The highest BCUT2D eigenvalue weighted by molar-refractivity contribution is 6.30. The molecule has 1 unspecified atom stereocenters. The lowest BCUT2D eigenvalue weighted by atomic mass is 9.74. The summed E-state index contributed by atoms with van der Waals surface area (Å²) in [4.78, 5) is 15.0. The van der Waals surface area contributed by atoms with E-state index in [1.165, 1.54) is 5.56 Å². The van der Waals surface area contributed by atoms with Crippen molar-refractivity contribution in [2.24, 2.45) is 5.41 Å². The normalized spacial score (nSPS) is 30.3. The van der Waals surface area contributed by atoms with Crippen LogP contribution < -0.4 is 10.6 Å². The minimum Gasteiger partial charge on any atom is -0.335 e. The minimum atomic E-state index is -0.267. The van der Waals surface area contributed by atoms with Crippen LogP contribution in [0.5, 0.6) is 0 Å². The quantitative estimate of drug-likeness (QED) is 0.892. The summed E-state index contributed by atoms with van der Waals surface area (Å²) in [6, 6.07) is 8.51. The SMILES string of the molecule is CC1(C2(c3cccc(Cl)c3)CNC(=O)N2C2CCNCC2)CC1. The zero-order chi connectivity index (χ0) is 16.1. The van der Waals surface area contributed by atoms with Crippen molar-refractivity contribution < 1.29 is 4.79 Å². The molecule has 1 aromatic rings. The fourth-order valence-electron chi connectivity index (χ4n) is 4.53. The number of carbonyl (C=O) groups is 1. The Morgan fingerprint density at radius 1 is 1.26 bits per heavy atom. The summed E-state index contributed by atoms with van der Waals surface area (Å²) < 4.78 is 0. The summed E-state index contributed by atoms with van der Waals surface area (Å²) in [6.45, 7) is 4.97. The van der Waals surface area contributed by atoms with E-state index in [-0.39, 0.29) is 17.0 Å². The number of hydrogen-bond donors (Lipinski definition) is 2. The van der Waals surface area contributed by atoms with Crippen LogP contribution in [-0.4, -0.2) is 36.6 Å². The maximum atomic E-state index is 12.8. The molecular formula is C18H24ClN3O. The van der Waals surface area contributed by atoms with Gasteiger partial charge in [-0.05, 0) is 61.9 Å². The number of hydrogen-bond acceptors (Lipinski definition) is 2. The van der Waals surface area contributed by atoms with Gasteiger partial charge in [0.05, 0.1) is 5.54 Å². The topological polar surface area (TPSA) is 44.4 Å². The fraction of sp³-hybridized carbons (Fsp3) is 0.611. The number of nitrogens with one attached hydrogen (secondary N) is 2. The summed E-state index contributed by atoms with van der Waals surface area (Å²) in [6.07, 6.45) is 4.36. The van der Waals surface area contributed by atoms with Gasteiger partial charge in [-0.1, -0.05) is 30.7 Å². The van der Waals surface area contributed by atoms with Crippen LogP contribution in [0.1, 0.15) is 38.2 Å². The molecule has 0 radical (unpaired) electrons. The van der Waals surface area contributed by atoms with Crippen LogP contribution in [0.3, 0.4) is 0 Å². The lowest BCUT2D eigenvalue weighted by molar-refractivity contribution is 0.0464. The molecule has 1 aliphatic carbocycles. The number of urea groups is 1. The number of halogens is 1. The third-order valence-corrected chi connectivity index (χ3v) is 6.34. The molecule has 0 bridgehead atoms. The number of benzene rings is 1. The largest absolute Gasteiger partial charge is 0.335 e. The van der Waals surface area contributed by atoms with Crippen molar-refractivity contribution in [1.29, 1.82) is 0 Å². The van der Waals surface area contributed by atoms with Crippen molar-refractivity contribution in [3.63, 3.8) is 0 Å². The second-order valence-electron chi connectivity index (χ2n) is 7.44. The summed E-state index contributed by atoms with van der Waals surface area (Å²) in [7, 11) is 0. The Kier molecular flexibility index (Phi) is 3.58. The van der Waals surface area contributed by atoms with Crippen molar-refractivity contribution >= 4 is 17.6 Å². The molecule has 5 heteroatoms. The van der Waals surface area contributed by atoms with E-state index in [9.17, 15) is 4.79 Å². The van der Waals surface area contributed by atoms with Crippen LogP contribution in [0.15, 0.2) is 24.3 Å². The van der Waals surface area contributed by atoms with E-state index < -0.39 is 0 Å². The van der Waals surface area contributed by atoms with E-state index in [1.807, 2.05) is 12.1 Å². The molecule has 4 rings (SSSR count). The lowest BCUT2D eigenvalue weighted by Crippen LogP contribution is -2.57. The molecule has 2 heterocycles. The summed E-state index contributed by atoms with van der Waals surface area (Å²) in [5, 5.41) is 7.30. The van der Waals surface area contributed by atoms with Gasteiger partial charge in [-0.15, -0.1) is 0 Å². The Hall–Kier alpha value is -1.26. The highest BCUT2D eigenvalue weighted by atomic mass is 35.5. The van der Waals surface area contributed by atoms with Crippen molar-refractivity contribution in [3.8, 4) is 0 Å². The van der Waals surface area contributed by atoms with Gasteiger partial charge in [-0.3, -0.25) is 0 Å². The van der Waals surface area contributed by atoms with Crippen LogP contribution in [0.2, 0.25) is 5.02 Å². The van der Waals surface area contributed by atoms with E-state index in [4.69, 9.17) is 11.6 Å². The number of piperidine rings is 1. The number of amides is 2. The van der Waals surface area contributed by atoms with Gasteiger partial charge in [-0.25, -0.2) is 4.79 Å². The Balaban J connectivity index is 1.82. The summed E-state index contributed by atoms with van der Waals surface area (Å²) in [5.41, 5.74) is 1.06. The molecule has 2 N–H and O–H groups in total. The average Bonchev–Trinajstić information content (AvgIpc) is 3.20. The zero-order valence-electron chi connectivity index (χ0n) is 13.6. The smallest absolute Gasteiger partial charge is 0.318 e. The van der Waals surface area contributed by atoms with E-state index in [0.717, 1.165) is 43.8 Å². The first-order valence-electron chi connectivity index (χ1n) is 8.61. The van der Waals surface area contributed by atoms with Gasteiger partial charge in [0.15, 0.2) is 0 Å². The van der Waals surface area contributed by atoms with Gasteiger partial charge < -0.3 is 15.5 Å². The summed E-state index contributed by atoms with van der Waals surface area (Å²) >= 11 is 6.29. The van der Waals surface area contributed by atoms with Crippen molar-refractivity contribution in [1.82, 2.24) is 15.5 Å². The van der Waals surface area contributed by atoms with Gasteiger partial charge in [0.25, 0.3) is 0 Å². The standard InChI is InChI=1S/C18H24ClN3O/c1-17(7-8-17)18(13-3-2-4-14(19)11-13)12-21-16(23)22(18)15-5-9-20-10-6-15/h2-4,11,15,20H,5-10,12H2,1H3,(H,21,23). The molecule has 1 saturated carbocycles. The first kappa shape index (κ1) is 15.3. The van der Waals surface area contributed by atoms with Crippen LogP contribution in [0.25, 0.3) is 0 Å². The monoisotopic (exact) mass is 333 g/mol. The van der Waals surface area contributed by atoms with Crippen molar-refractivity contribution in [3.05, 3.63) is 34.9 Å². The first-order chi connectivity index (χ1) is 11.1. The van der Waals surface area contributed by atoms with Gasteiger partial charge >= 0.3 is 6.03 Å². The van der Waals surface area contributed by atoms with Gasteiger partial charge in [0.1, 0.15) is 0 Å². The average molecular weight is 334 g/mol. The first-order valence-corrected chi connectivity index (χ1v) is 8.99. The fourth-order valence-corrected chi connectivity index (χ4v) is 4.72. The molecule has 2 amide bonds. The Morgan fingerprint density at radius 3 is 2.65 bits per heavy atom. The Morgan fingerprint density at radius 2 is 2.00 bits per heavy atom. The predicted octanol–water partition coefficient (Wildman–Crippen LogP) is 3.11. The van der Waals surface area contributed by atoms with Crippen molar-refractivity contribution in [2.75, 3.05) is 19.6 Å². The molecule has 3 aliphatic rings. The van der Waals surface area contributed by atoms with Gasteiger partial charge in [-0.2, -0.15) is 0 Å². The maximum Gasteiger partial charge on any atom is 0.318 e. The third kappa shape index (κ3) is 2.26. The van der Waals surface area contributed by atoms with Crippen LogP contribution >= 0.6 is 11.6 Å². The number of nitrogens with zero attached hydrogens (tertiary/aromatic N) is 1. The van der Waals surface area contributed by atoms with E-state index in [1.54, 1.807) is 0 Å². The zero-order valence-corrected chi connectivity index (χ0v) is 14.3. The predicted molar refractivity (Wildman–Crippen MR) is 91.6 cm³/mol. The molecule has 2 aliphatic heterocycles. The summed E-state index contributed by atoms with van der Waals surface area (Å²) in [5.74, 6) is 0. The van der Waals surface area contributed by atoms with Crippen LogP contribution in [0, 0.1) is 5.41 Å². The van der Waals surface area contributed by atoms with E-state index >= 15 is 0 Å². The second kappa shape index (κ2) is 5.38. The molecule has 1 aromatic carbocycles. The number of carbonyl (C=O) groups excluding carboxylic acids is 1. The third-order valence-electron chi connectivity index (χ3n) is 6.10. The molecule has 4 nitrogen and oxygen atoms in total. The Labute approximate surface area is 142 Å². The molecule has 124 valence electrons. The van der Waals surface area contributed by atoms with Crippen molar-refractivity contribution in [2.45, 2.75) is 44.2 Å². The molecule has 0 spiro atoms. The Bertz CT molecular complexity index is 624. The molecular weight excluding hydrogens is 310 g/mol. The molecule has 23 heavy (non-hydrogen) atoms. The minimum absolute atomic E-state index is 0.0880. The van der Waals surface area contributed by atoms with E-state index in [2.05, 4.69) is 34.6 Å². The lowest BCUT2D eigenvalue weighted by Gasteiger charge is -2.47. The molecule has 2 saturated heterocycles. The van der Waals surface area contributed by atoms with E-state index in [0.29, 0.717) is 12.6 Å². The van der Waals surface area contributed by atoms with Gasteiger partial charge in [0, 0.05) is 17.6 Å². The molecule has 3 fully saturated rings.